The number of nitrogens with one attached hydrogen (secondary N) is 4. The lowest BCUT2D eigenvalue weighted by Crippen LogP contribution is -2.19. The Bertz CT molecular complexity index is 1330. The Kier molecular flexibility index (Phi) is 4.61. The van der Waals surface area contributed by atoms with E-state index in [-0.39, 0.29) is 0 Å². The minimum Gasteiger partial charge on any atom is -0.368 e. The quantitative estimate of drug-likeness (QED) is 0.389. The van der Waals surface area contributed by atoms with Crippen molar-refractivity contribution in [2.45, 2.75) is 0 Å². The van der Waals surface area contributed by atoms with Gasteiger partial charge in [0.2, 0.25) is 0 Å². The lowest BCUT2D eigenvalue weighted by Gasteiger charge is -2.09. The van der Waals surface area contributed by atoms with E-state index in [0.717, 1.165) is 77.1 Å². The molecular weight excluding hydrogens is 396 g/mol. The zero-order chi connectivity index (χ0) is 21.3. The average molecular weight is 421 g/mol. The van der Waals surface area contributed by atoms with Crippen LogP contribution in [0, 0.1) is 0 Å². The fourth-order valence-electron chi connectivity index (χ4n) is 4.22. The van der Waals surface area contributed by atoms with Crippen LogP contribution >= 0.6 is 0 Å². The molecule has 6 nitrogen and oxygen atoms in total. The molecule has 0 amide bonds. The van der Waals surface area contributed by atoms with Gasteiger partial charge in [-0.05, 0) is 54.1 Å². The summed E-state index contributed by atoms with van der Waals surface area (Å²) in [6.07, 6.45) is 0. The molecule has 32 heavy (non-hydrogen) atoms. The minimum atomic E-state index is 0.848. The molecule has 4 N–H and O–H groups in total. The Morgan fingerprint density at radius 2 is 1.22 bits per heavy atom. The summed E-state index contributed by atoms with van der Waals surface area (Å²) in [6, 6.07) is 25.5. The highest BCUT2D eigenvalue weighted by Gasteiger charge is 2.11. The van der Waals surface area contributed by atoms with Crippen LogP contribution in [-0.2, 0) is 0 Å². The number of amidine groups is 2. The number of aliphatic imine (C=N–C) groups is 2. The third-order valence-electron chi connectivity index (χ3n) is 5.89. The summed E-state index contributed by atoms with van der Waals surface area (Å²) in [5.74, 6) is 1.97. The largest absolute Gasteiger partial charge is 0.368 e. The first-order valence-corrected chi connectivity index (χ1v) is 11.0. The fourth-order valence-corrected chi connectivity index (χ4v) is 4.22. The first-order chi connectivity index (χ1) is 15.8. The number of hydrogen-bond acceptors (Lipinski definition) is 5. The van der Waals surface area contributed by atoms with E-state index in [1.807, 2.05) is 0 Å². The Hall–Kier alpha value is -4.06. The van der Waals surface area contributed by atoms with E-state index in [1.54, 1.807) is 0 Å². The molecule has 0 bridgehead atoms. The number of aromatic nitrogens is 1. The van der Waals surface area contributed by atoms with Crippen LogP contribution in [0.5, 0.6) is 0 Å². The lowest BCUT2D eigenvalue weighted by molar-refractivity contribution is 0.960. The summed E-state index contributed by atoms with van der Waals surface area (Å²) in [5.41, 5.74) is 7.76. The van der Waals surface area contributed by atoms with E-state index in [1.165, 1.54) is 5.39 Å². The summed E-state index contributed by atoms with van der Waals surface area (Å²) in [4.78, 5) is 12.6. The predicted octanol–water partition coefficient (Wildman–Crippen LogP) is 4.28. The van der Waals surface area contributed by atoms with Crippen LogP contribution in [0.25, 0.3) is 22.2 Å². The Morgan fingerprint density at radius 1 is 0.625 bits per heavy atom. The van der Waals surface area contributed by atoms with Gasteiger partial charge in [0.15, 0.2) is 0 Å². The molecule has 0 spiro atoms. The molecule has 2 aliphatic heterocycles. The first-order valence-electron chi connectivity index (χ1n) is 11.0. The molecule has 0 unspecified atom stereocenters. The van der Waals surface area contributed by atoms with E-state index >= 15 is 0 Å². The number of hydrogen-bond donors (Lipinski definition) is 4. The summed E-state index contributed by atoms with van der Waals surface area (Å²) in [7, 11) is 0. The average Bonchev–Trinajstić information content (AvgIpc) is 3.61. The summed E-state index contributed by atoms with van der Waals surface area (Å²) < 4.78 is 0. The van der Waals surface area contributed by atoms with E-state index < -0.39 is 0 Å². The molecule has 0 radical (unpaired) electrons. The monoisotopic (exact) mass is 420 g/mol. The SMILES string of the molecule is c1cc(C2=NCCN2)ccc1Nc1ccc(-c2cc3ccc(C4=NCCN4)cc3[nH]2)cc1. The van der Waals surface area contributed by atoms with Gasteiger partial charge in [-0.15, -0.1) is 0 Å². The molecule has 3 aromatic carbocycles. The predicted molar refractivity (Wildman–Crippen MR) is 132 cm³/mol. The Morgan fingerprint density at radius 3 is 1.84 bits per heavy atom. The molecule has 0 aliphatic carbocycles. The number of H-pyrrole nitrogens is 1. The van der Waals surface area contributed by atoms with Gasteiger partial charge in [-0.3, -0.25) is 9.98 Å². The van der Waals surface area contributed by atoms with Crippen LogP contribution < -0.4 is 16.0 Å². The second kappa shape index (κ2) is 7.89. The maximum Gasteiger partial charge on any atom is 0.128 e. The Labute approximate surface area is 186 Å². The number of anilines is 2. The van der Waals surface area contributed by atoms with Crippen molar-refractivity contribution in [1.82, 2.24) is 15.6 Å². The standard InChI is InChI=1S/C26H24N6/c1-2-20(26-29-13-14-30-26)16-24-19(1)15-23(32-24)17-3-7-21(8-4-17)31-22-9-5-18(6-10-22)25-27-11-12-28-25/h1-10,15-16,31-32H,11-14H2,(H,27,28)(H,29,30). The van der Waals surface area contributed by atoms with Crippen molar-refractivity contribution in [1.29, 1.82) is 0 Å². The molecule has 6 rings (SSSR count). The van der Waals surface area contributed by atoms with Gasteiger partial charge in [-0.25, -0.2) is 0 Å². The number of aromatic amines is 1. The molecule has 158 valence electrons. The van der Waals surface area contributed by atoms with Gasteiger partial charge in [-0.2, -0.15) is 0 Å². The molecule has 1 aromatic heterocycles. The second-order valence-corrected chi connectivity index (χ2v) is 8.08. The Balaban J connectivity index is 1.19. The van der Waals surface area contributed by atoms with Gasteiger partial charge >= 0.3 is 0 Å². The van der Waals surface area contributed by atoms with Crippen molar-refractivity contribution in [2.75, 3.05) is 31.5 Å². The van der Waals surface area contributed by atoms with E-state index in [0.29, 0.717) is 0 Å². The van der Waals surface area contributed by atoms with Crippen LogP contribution in [0.4, 0.5) is 11.4 Å². The molecular formula is C26H24N6. The van der Waals surface area contributed by atoms with Gasteiger partial charge in [0.1, 0.15) is 11.7 Å². The number of rotatable bonds is 5. The third-order valence-corrected chi connectivity index (χ3v) is 5.89. The van der Waals surface area contributed by atoms with Gasteiger partial charge in [0, 0.05) is 52.2 Å². The molecule has 0 atom stereocenters. The third kappa shape index (κ3) is 3.60. The number of benzene rings is 3. The molecule has 0 saturated carbocycles. The van der Waals surface area contributed by atoms with Crippen molar-refractivity contribution in [2.24, 2.45) is 9.98 Å². The van der Waals surface area contributed by atoms with Crippen LogP contribution in [0.1, 0.15) is 11.1 Å². The van der Waals surface area contributed by atoms with Crippen LogP contribution in [0.15, 0.2) is 82.8 Å². The van der Waals surface area contributed by atoms with Crippen molar-refractivity contribution in [3.05, 3.63) is 83.9 Å². The van der Waals surface area contributed by atoms with E-state index in [2.05, 4.69) is 104 Å². The highest BCUT2D eigenvalue weighted by molar-refractivity contribution is 6.03. The summed E-state index contributed by atoms with van der Waals surface area (Å²) >= 11 is 0. The number of fused-ring (bicyclic) bond motifs is 1. The molecule has 3 heterocycles. The van der Waals surface area contributed by atoms with Crippen LogP contribution in [-0.4, -0.2) is 42.8 Å². The topological polar surface area (TPSA) is 76.6 Å². The zero-order valence-electron chi connectivity index (χ0n) is 17.7. The highest BCUT2D eigenvalue weighted by atomic mass is 15.1. The van der Waals surface area contributed by atoms with Crippen LogP contribution in [0.2, 0.25) is 0 Å². The molecule has 2 aliphatic rings. The van der Waals surface area contributed by atoms with Crippen molar-refractivity contribution in [3.63, 3.8) is 0 Å². The summed E-state index contributed by atoms with van der Waals surface area (Å²) in [6.45, 7) is 3.54. The minimum absolute atomic E-state index is 0.848. The summed E-state index contributed by atoms with van der Waals surface area (Å²) in [5, 5.41) is 11.3. The normalized spacial score (nSPS) is 15.2. The maximum absolute atomic E-state index is 4.52. The van der Waals surface area contributed by atoms with Crippen molar-refractivity contribution >= 4 is 33.9 Å². The zero-order valence-corrected chi connectivity index (χ0v) is 17.7. The molecule has 0 saturated heterocycles. The van der Waals surface area contributed by atoms with Gasteiger partial charge in [-0.1, -0.05) is 24.3 Å². The van der Waals surface area contributed by atoms with E-state index in [4.69, 9.17) is 0 Å². The van der Waals surface area contributed by atoms with Gasteiger partial charge in [0.05, 0.1) is 13.1 Å². The van der Waals surface area contributed by atoms with Crippen molar-refractivity contribution in [3.8, 4) is 11.3 Å². The highest BCUT2D eigenvalue weighted by Crippen LogP contribution is 2.27. The molecule has 4 aromatic rings. The maximum atomic E-state index is 4.52. The van der Waals surface area contributed by atoms with Crippen LogP contribution in [0.3, 0.4) is 0 Å². The number of nitrogens with zero attached hydrogens (tertiary/aromatic N) is 2. The van der Waals surface area contributed by atoms with Crippen molar-refractivity contribution < 1.29 is 0 Å². The van der Waals surface area contributed by atoms with E-state index in [9.17, 15) is 0 Å². The lowest BCUT2D eigenvalue weighted by atomic mass is 10.1. The molecule has 0 fully saturated rings. The van der Waals surface area contributed by atoms with Gasteiger partial charge < -0.3 is 20.9 Å². The van der Waals surface area contributed by atoms with Gasteiger partial charge in [0.25, 0.3) is 0 Å². The first kappa shape index (κ1) is 18.7. The smallest absolute Gasteiger partial charge is 0.128 e. The second-order valence-electron chi connectivity index (χ2n) is 8.08. The molecule has 6 heteroatoms. The fraction of sp³-hybridized carbons (Fsp3) is 0.154.